The lowest BCUT2D eigenvalue weighted by atomic mass is 10.2. The Morgan fingerprint density at radius 2 is 1.70 bits per heavy atom. The third-order valence-electron chi connectivity index (χ3n) is 4.06. The molecule has 0 amide bonds. The molecule has 0 aliphatic carbocycles. The molecule has 0 radical (unpaired) electrons. The molecule has 8 heteroatoms. The van der Waals surface area contributed by atoms with Gasteiger partial charge < -0.3 is 9.80 Å². The Hall–Kier alpha value is -1.86. The summed E-state index contributed by atoms with van der Waals surface area (Å²) in [6, 6.07) is 7.99. The monoisotopic (exact) mass is 392 g/mol. The van der Waals surface area contributed by atoms with E-state index in [-0.39, 0.29) is 0 Å². The van der Waals surface area contributed by atoms with E-state index in [9.17, 15) is 0 Å². The third-order valence-corrected chi connectivity index (χ3v) is 4.89. The van der Waals surface area contributed by atoms with Gasteiger partial charge in [-0.2, -0.15) is 5.10 Å². The summed E-state index contributed by atoms with van der Waals surface area (Å²) in [7, 11) is 0. The summed E-state index contributed by atoms with van der Waals surface area (Å²) in [6.07, 6.45) is 1.58. The van der Waals surface area contributed by atoms with E-state index in [0.29, 0.717) is 0 Å². The molecule has 0 atom stereocenters. The van der Waals surface area contributed by atoms with E-state index in [1.165, 1.54) is 5.69 Å². The molecule has 0 spiro atoms. The van der Waals surface area contributed by atoms with Crippen LogP contribution in [0.4, 0.5) is 11.5 Å². The Labute approximate surface area is 146 Å². The zero-order valence-electron chi connectivity index (χ0n) is 12.2. The van der Waals surface area contributed by atoms with Crippen LogP contribution in [0, 0.1) is 0 Å². The molecular weight excluding hydrogens is 380 g/mol. The van der Waals surface area contributed by atoms with E-state index in [1.807, 2.05) is 12.1 Å². The van der Waals surface area contributed by atoms with Crippen LogP contribution < -0.4 is 9.80 Å². The fraction of sp³-hybridized carbons (Fsp3) is 0.267. The highest BCUT2D eigenvalue weighted by Crippen LogP contribution is 2.29. The van der Waals surface area contributed by atoms with Gasteiger partial charge in [0.2, 0.25) is 0 Å². The van der Waals surface area contributed by atoms with Gasteiger partial charge in [-0.05, 0) is 40.2 Å². The normalized spacial score (nSPS) is 15.4. The number of fused-ring (bicyclic) bond motifs is 1. The summed E-state index contributed by atoms with van der Waals surface area (Å²) >= 11 is 9.43. The van der Waals surface area contributed by atoms with Crippen molar-refractivity contribution in [3.05, 3.63) is 40.2 Å². The minimum atomic E-state index is 0.752. The molecular formula is C15H14BrClN6. The van der Waals surface area contributed by atoms with Crippen LogP contribution >= 0.6 is 27.5 Å². The van der Waals surface area contributed by atoms with E-state index in [4.69, 9.17) is 11.6 Å². The highest BCUT2D eigenvalue weighted by molar-refractivity contribution is 9.10. The fourth-order valence-electron chi connectivity index (χ4n) is 2.88. The van der Waals surface area contributed by atoms with Crippen LogP contribution in [0.1, 0.15) is 0 Å². The van der Waals surface area contributed by atoms with Crippen LogP contribution in [0.25, 0.3) is 11.0 Å². The first kappa shape index (κ1) is 14.7. The number of halogens is 2. The number of piperazine rings is 1. The van der Waals surface area contributed by atoms with E-state index < -0.39 is 0 Å². The van der Waals surface area contributed by atoms with Crippen molar-refractivity contribution in [3.63, 3.8) is 0 Å². The van der Waals surface area contributed by atoms with Crippen LogP contribution in [0.3, 0.4) is 0 Å². The van der Waals surface area contributed by atoms with Gasteiger partial charge in [0.25, 0.3) is 0 Å². The second-order valence-electron chi connectivity index (χ2n) is 5.39. The molecule has 6 nitrogen and oxygen atoms in total. The number of benzene rings is 1. The number of nitrogens with zero attached hydrogens (tertiary/aromatic N) is 5. The van der Waals surface area contributed by atoms with E-state index in [2.05, 4.69) is 58.0 Å². The lowest BCUT2D eigenvalue weighted by molar-refractivity contribution is 0.649. The average molecular weight is 394 g/mol. The van der Waals surface area contributed by atoms with E-state index >= 15 is 0 Å². The van der Waals surface area contributed by atoms with Crippen molar-refractivity contribution >= 4 is 50.1 Å². The summed E-state index contributed by atoms with van der Waals surface area (Å²) in [6.45, 7) is 3.66. The molecule has 2 aromatic heterocycles. The first-order valence-electron chi connectivity index (χ1n) is 7.32. The predicted octanol–water partition coefficient (Wildman–Crippen LogP) is 3.10. The van der Waals surface area contributed by atoms with Gasteiger partial charge >= 0.3 is 0 Å². The second-order valence-corrected chi connectivity index (χ2v) is 6.57. The highest BCUT2D eigenvalue weighted by Gasteiger charge is 2.22. The van der Waals surface area contributed by atoms with E-state index in [0.717, 1.165) is 52.7 Å². The second kappa shape index (κ2) is 5.98. The highest BCUT2D eigenvalue weighted by atomic mass is 79.9. The summed E-state index contributed by atoms with van der Waals surface area (Å²) in [5, 5.41) is 8.77. The van der Waals surface area contributed by atoms with Crippen LogP contribution in [0.2, 0.25) is 5.02 Å². The van der Waals surface area contributed by atoms with Crippen LogP contribution in [-0.2, 0) is 0 Å². The first-order chi connectivity index (χ1) is 11.2. The van der Waals surface area contributed by atoms with Gasteiger partial charge in [-0.25, -0.2) is 9.97 Å². The smallest absolute Gasteiger partial charge is 0.161 e. The Morgan fingerprint density at radius 3 is 2.43 bits per heavy atom. The van der Waals surface area contributed by atoms with Crippen molar-refractivity contribution in [1.82, 2.24) is 20.2 Å². The van der Waals surface area contributed by atoms with Crippen LogP contribution in [0.15, 0.2) is 35.2 Å². The molecule has 0 unspecified atom stereocenters. The predicted molar refractivity (Wildman–Crippen MR) is 95.3 cm³/mol. The van der Waals surface area contributed by atoms with Crippen molar-refractivity contribution in [2.45, 2.75) is 0 Å². The van der Waals surface area contributed by atoms with Crippen molar-refractivity contribution in [2.24, 2.45) is 0 Å². The van der Waals surface area contributed by atoms with Gasteiger partial charge in [-0.3, -0.25) is 5.10 Å². The van der Waals surface area contributed by atoms with Crippen LogP contribution in [-0.4, -0.2) is 46.3 Å². The average Bonchev–Trinajstić information content (AvgIpc) is 2.97. The summed E-state index contributed by atoms with van der Waals surface area (Å²) < 4.78 is 0.753. The molecule has 0 saturated carbocycles. The molecule has 0 bridgehead atoms. The maximum Gasteiger partial charge on any atom is 0.161 e. The molecule has 3 aromatic rings. The van der Waals surface area contributed by atoms with Crippen LogP contribution in [0.5, 0.6) is 0 Å². The van der Waals surface area contributed by atoms with Gasteiger partial charge in [0.1, 0.15) is 16.7 Å². The first-order valence-corrected chi connectivity index (χ1v) is 8.49. The minimum Gasteiger partial charge on any atom is -0.368 e. The third kappa shape index (κ3) is 2.74. The summed E-state index contributed by atoms with van der Waals surface area (Å²) in [4.78, 5) is 13.3. The zero-order valence-corrected chi connectivity index (χ0v) is 14.5. The molecule has 23 heavy (non-hydrogen) atoms. The van der Waals surface area contributed by atoms with Crippen molar-refractivity contribution in [2.75, 3.05) is 36.0 Å². The fourth-order valence-corrected chi connectivity index (χ4v) is 3.46. The number of anilines is 2. The Bertz CT molecular complexity index is 826. The number of aromatic nitrogens is 4. The maximum atomic E-state index is 5.96. The lowest BCUT2D eigenvalue weighted by Crippen LogP contribution is -2.46. The molecule has 1 aliphatic rings. The summed E-state index contributed by atoms with van der Waals surface area (Å²) in [5.41, 5.74) is 1.95. The largest absolute Gasteiger partial charge is 0.368 e. The standard InChI is InChI=1S/C15H14BrClN6/c16-13-12-14(21-20-13)18-9-19-15(12)23-7-5-22(6-8-23)11-3-1-10(17)2-4-11/h1-4,9H,5-8H2,(H,18,19,20,21). The van der Waals surface area contributed by atoms with Gasteiger partial charge in [-0.1, -0.05) is 11.6 Å². The SMILES string of the molecule is Clc1ccc(N2CCN(c3ncnc4[nH]nc(Br)c34)CC2)cc1. The lowest BCUT2D eigenvalue weighted by Gasteiger charge is -2.36. The number of hydrogen-bond acceptors (Lipinski definition) is 5. The molecule has 4 rings (SSSR count). The number of hydrogen-bond donors (Lipinski definition) is 1. The van der Waals surface area contributed by atoms with Gasteiger partial charge in [0, 0.05) is 36.9 Å². The minimum absolute atomic E-state index is 0.752. The zero-order chi connectivity index (χ0) is 15.8. The van der Waals surface area contributed by atoms with Gasteiger partial charge in [0.05, 0.1) is 5.39 Å². The van der Waals surface area contributed by atoms with Crippen molar-refractivity contribution in [1.29, 1.82) is 0 Å². The number of nitrogens with one attached hydrogen (secondary N) is 1. The van der Waals surface area contributed by atoms with Crippen molar-refractivity contribution in [3.8, 4) is 0 Å². The quantitative estimate of drug-likeness (QED) is 0.725. The Morgan fingerprint density at radius 1 is 1.00 bits per heavy atom. The number of H-pyrrole nitrogens is 1. The molecule has 1 fully saturated rings. The number of rotatable bonds is 2. The molecule has 118 valence electrons. The molecule has 1 aliphatic heterocycles. The Kier molecular flexibility index (Phi) is 3.82. The molecule has 1 N–H and O–H groups in total. The van der Waals surface area contributed by atoms with Gasteiger partial charge in [0.15, 0.2) is 5.65 Å². The Balaban J connectivity index is 1.55. The van der Waals surface area contributed by atoms with Crippen molar-refractivity contribution < 1.29 is 0 Å². The molecule has 3 heterocycles. The maximum absolute atomic E-state index is 5.96. The summed E-state index contributed by atoms with van der Waals surface area (Å²) in [5.74, 6) is 0.923. The topological polar surface area (TPSA) is 60.9 Å². The van der Waals surface area contributed by atoms with E-state index in [1.54, 1.807) is 6.33 Å². The molecule has 1 aromatic carbocycles. The molecule has 1 saturated heterocycles. The van der Waals surface area contributed by atoms with Gasteiger partial charge in [-0.15, -0.1) is 0 Å². The number of aromatic amines is 1.